The van der Waals surface area contributed by atoms with Crippen LogP contribution in [0, 0.1) is 0 Å². The van der Waals surface area contributed by atoms with Crippen molar-refractivity contribution in [3.05, 3.63) is 95.9 Å². The molecule has 4 aromatic rings. The number of aromatic nitrogens is 1. The van der Waals surface area contributed by atoms with E-state index in [1.807, 2.05) is 67.6 Å². The van der Waals surface area contributed by atoms with Crippen LogP contribution < -0.4 is 14.2 Å². The van der Waals surface area contributed by atoms with Crippen LogP contribution in [0.25, 0.3) is 11.5 Å². The first kappa shape index (κ1) is 25.0. The van der Waals surface area contributed by atoms with Crippen molar-refractivity contribution >= 4 is 5.78 Å². The largest absolute Gasteiger partial charge is 0.494 e. The fourth-order valence-electron chi connectivity index (χ4n) is 3.97. The molecule has 4 rings (SSSR count). The lowest BCUT2D eigenvalue weighted by Crippen LogP contribution is -2.08. The number of carbonyl (C=O) groups is 1. The third-order valence-corrected chi connectivity index (χ3v) is 5.71. The Morgan fingerprint density at radius 3 is 2.50 bits per heavy atom. The Kier molecular flexibility index (Phi) is 8.76. The van der Waals surface area contributed by atoms with Crippen LogP contribution in [0.3, 0.4) is 0 Å². The molecule has 3 aromatic carbocycles. The third kappa shape index (κ3) is 6.75. The van der Waals surface area contributed by atoms with E-state index < -0.39 is 0 Å². The van der Waals surface area contributed by atoms with Crippen LogP contribution in [0.5, 0.6) is 17.2 Å². The lowest BCUT2D eigenvalue weighted by Gasteiger charge is -2.11. The standard InChI is InChI=1S/C30H31NO5/c1-3-34-27-14-8-7-13-23(27)18-26(32)20-25-21-36-30(31-25)24-15-16-28(33-2)29(19-24)35-17-9-12-22-10-5-4-6-11-22/h4-8,10-11,13-16,19,21H,3,9,12,17-18,20H2,1-2H3. The van der Waals surface area contributed by atoms with E-state index in [-0.39, 0.29) is 18.6 Å². The van der Waals surface area contributed by atoms with E-state index in [4.69, 9.17) is 18.6 Å². The van der Waals surface area contributed by atoms with E-state index in [0.717, 1.165) is 29.7 Å². The van der Waals surface area contributed by atoms with E-state index in [1.54, 1.807) is 7.11 Å². The highest BCUT2D eigenvalue weighted by Gasteiger charge is 2.15. The average molecular weight is 486 g/mol. The summed E-state index contributed by atoms with van der Waals surface area (Å²) < 4.78 is 22.8. The molecule has 0 radical (unpaired) electrons. The number of ketones is 1. The van der Waals surface area contributed by atoms with Gasteiger partial charge in [-0.15, -0.1) is 0 Å². The lowest BCUT2D eigenvalue weighted by molar-refractivity contribution is -0.117. The summed E-state index contributed by atoms with van der Waals surface area (Å²) in [5.74, 6) is 2.49. The predicted octanol–water partition coefficient (Wildman–Crippen LogP) is 6.11. The maximum absolute atomic E-state index is 12.7. The second-order valence-corrected chi connectivity index (χ2v) is 8.38. The van der Waals surface area contributed by atoms with Crippen molar-refractivity contribution in [2.24, 2.45) is 0 Å². The molecule has 0 bridgehead atoms. The summed E-state index contributed by atoms with van der Waals surface area (Å²) in [6.45, 7) is 3.04. The number of benzene rings is 3. The minimum atomic E-state index is 0.0409. The van der Waals surface area contributed by atoms with Gasteiger partial charge in [-0.2, -0.15) is 0 Å². The molecule has 186 valence electrons. The number of hydrogen-bond donors (Lipinski definition) is 0. The van der Waals surface area contributed by atoms with Crippen molar-refractivity contribution in [2.75, 3.05) is 20.3 Å². The smallest absolute Gasteiger partial charge is 0.226 e. The number of methoxy groups -OCH3 is 1. The number of hydrogen-bond acceptors (Lipinski definition) is 6. The van der Waals surface area contributed by atoms with Crippen LogP contribution in [-0.2, 0) is 24.1 Å². The summed E-state index contributed by atoms with van der Waals surface area (Å²) in [7, 11) is 1.62. The molecule has 0 spiro atoms. The molecule has 6 nitrogen and oxygen atoms in total. The minimum absolute atomic E-state index is 0.0409. The number of nitrogens with zero attached hydrogens (tertiary/aromatic N) is 1. The number of rotatable bonds is 13. The van der Waals surface area contributed by atoms with Crippen molar-refractivity contribution < 1.29 is 23.4 Å². The summed E-state index contributed by atoms with van der Waals surface area (Å²) in [5.41, 5.74) is 3.50. The normalized spacial score (nSPS) is 10.7. The Morgan fingerprint density at radius 2 is 1.69 bits per heavy atom. The molecule has 0 unspecified atom stereocenters. The molecule has 0 N–H and O–H groups in total. The summed E-state index contributed by atoms with van der Waals surface area (Å²) in [6, 6.07) is 23.5. The van der Waals surface area contributed by atoms with E-state index >= 15 is 0 Å². The Balaban J connectivity index is 1.37. The Labute approximate surface area is 211 Å². The quantitative estimate of drug-likeness (QED) is 0.213. The van der Waals surface area contributed by atoms with Crippen LogP contribution in [0.2, 0.25) is 0 Å². The molecule has 1 heterocycles. The first-order chi connectivity index (χ1) is 17.7. The van der Waals surface area contributed by atoms with Crippen LogP contribution in [0.4, 0.5) is 0 Å². The number of para-hydroxylation sites is 1. The van der Waals surface area contributed by atoms with Gasteiger partial charge in [0.25, 0.3) is 0 Å². The topological polar surface area (TPSA) is 70.8 Å². The van der Waals surface area contributed by atoms with Crippen LogP contribution in [-0.4, -0.2) is 31.1 Å². The highest BCUT2D eigenvalue weighted by atomic mass is 16.5. The van der Waals surface area contributed by atoms with Gasteiger partial charge in [-0.05, 0) is 49.6 Å². The molecular weight excluding hydrogens is 454 g/mol. The van der Waals surface area contributed by atoms with Crippen molar-refractivity contribution in [1.82, 2.24) is 4.98 Å². The molecule has 1 aromatic heterocycles. The maximum atomic E-state index is 12.7. The molecule has 0 saturated carbocycles. The zero-order chi connectivity index (χ0) is 25.2. The molecule has 0 aliphatic carbocycles. The van der Waals surface area contributed by atoms with Crippen molar-refractivity contribution in [3.63, 3.8) is 0 Å². The number of ether oxygens (including phenoxy) is 3. The predicted molar refractivity (Wildman–Crippen MR) is 139 cm³/mol. The second-order valence-electron chi connectivity index (χ2n) is 8.38. The molecule has 6 heteroatoms. The van der Waals surface area contributed by atoms with Crippen molar-refractivity contribution in [3.8, 4) is 28.7 Å². The zero-order valence-electron chi connectivity index (χ0n) is 20.7. The first-order valence-electron chi connectivity index (χ1n) is 12.2. The highest BCUT2D eigenvalue weighted by Crippen LogP contribution is 2.32. The van der Waals surface area contributed by atoms with Gasteiger partial charge in [0, 0.05) is 17.5 Å². The monoisotopic (exact) mass is 485 g/mol. The van der Waals surface area contributed by atoms with Gasteiger partial charge in [-0.3, -0.25) is 4.79 Å². The highest BCUT2D eigenvalue weighted by molar-refractivity contribution is 5.83. The summed E-state index contributed by atoms with van der Waals surface area (Å²) in [4.78, 5) is 17.2. The van der Waals surface area contributed by atoms with Gasteiger partial charge in [0.05, 0.1) is 32.4 Å². The van der Waals surface area contributed by atoms with Gasteiger partial charge in [-0.25, -0.2) is 4.98 Å². The summed E-state index contributed by atoms with van der Waals surface area (Å²) in [6.07, 6.45) is 3.82. The molecule has 0 aliphatic rings. The van der Waals surface area contributed by atoms with Gasteiger partial charge in [-0.1, -0.05) is 48.5 Å². The fourth-order valence-corrected chi connectivity index (χ4v) is 3.97. The van der Waals surface area contributed by atoms with Crippen molar-refractivity contribution in [1.29, 1.82) is 0 Å². The fraction of sp³-hybridized carbons (Fsp3) is 0.267. The second kappa shape index (κ2) is 12.6. The van der Waals surface area contributed by atoms with Crippen LogP contribution >= 0.6 is 0 Å². The van der Waals surface area contributed by atoms with Gasteiger partial charge in [0.2, 0.25) is 5.89 Å². The molecule has 0 amide bonds. The molecular formula is C30H31NO5. The molecule has 36 heavy (non-hydrogen) atoms. The molecule has 0 aliphatic heterocycles. The third-order valence-electron chi connectivity index (χ3n) is 5.71. The molecule has 0 saturated heterocycles. The average Bonchev–Trinajstić information content (AvgIpc) is 3.36. The number of aryl methyl sites for hydroxylation is 1. The van der Waals surface area contributed by atoms with Crippen LogP contribution in [0.1, 0.15) is 30.2 Å². The SMILES string of the molecule is CCOc1ccccc1CC(=O)Cc1coc(-c2ccc(OC)c(OCCCc3ccccc3)c2)n1. The van der Waals surface area contributed by atoms with Gasteiger partial charge >= 0.3 is 0 Å². The maximum Gasteiger partial charge on any atom is 0.226 e. The number of Topliss-reactive ketones (excluding diaryl/α,β-unsaturated/α-hetero) is 1. The van der Waals surface area contributed by atoms with Gasteiger partial charge in [0.15, 0.2) is 11.5 Å². The van der Waals surface area contributed by atoms with E-state index in [1.165, 1.54) is 11.8 Å². The summed E-state index contributed by atoms with van der Waals surface area (Å²) >= 11 is 0. The molecule has 0 fully saturated rings. The van der Waals surface area contributed by atoms with Gasteiger partial charge in [0.1, 0.15) is 17.8 Å². The number of carbonyl (C=O) groups excluding carboxylic acids is 1. The van der Waals surface area contributed by atoms with E-state index in [0.29, 0.717) is 36.3 Å². The van der Waals surface area contributed by atoms with Crippen molar-refractivity contribution in [2.45, 2.75) is 32.6 Å². The Bertz CT molecular complexity index is 1270. The van der Waals surface area contributed by atoms with Crippen LogP contribution in [0.15, 0.2) is 83.5 Å². The first-order valence-corrected chi connectivity index (χ1v) is 12.2. The lowest BCUT2D eigenvalue weighted by atomic mass is 10.1. The van der Waals surface area contributed by atoms with Gasteiger partial charge < -0.3 is 18.6 Å². The minimum Gasteiger partial charge on any atom is -0.494 e. The Hall–Kier alpha value is -4.06. The van der Waals surface area contributed by atoms with E-state index in [9.17, 15) is 4.79 Å². The Morgan fingerprint density at radius 1 is 0.889 bits per heavy atom. The summed E-state index contributed by atoms with van der Waals surface area (Å²) in [5, 5.41) is 0. The zero-order valence-corrected chi connectivity index (χ0v) is 20.7. The molecule has 0 atom stereocenters. The number of oxazole rings is 1. The van der Waals surface area contributed by atoms with E-state index in [2.05, 4.69) is 17.1 Å².